The van der Waals surface area contributed by atoms with E-state index in [2.05, 4.69) is 22.0 Å². The van der Waals surface area contributed by atoms with Gasteiger partial charge in [-0.2, -0.15) is 5.10 Å². The lowest BCUT2D eigenvalue weighted by atomic mass is 10.0. The van der Waals surface area contributed by atoms with Crippen molar-refractivity contribution < 1.29 is 9.84 Å². The summed E-state index contributed by atoms with van der Waals surface area (Å²) in [6.45, 7) is 8.86. The number of aromatic nitrogens is 2. The number of aryl methyl sites for hydroxylation is 2. The van der Waals surface area contributed by atoms with E-state index in [1.807, 2.05) is 13.8 Å². The smallest absolute Gasteiger partial charge is 0.0900 e. The van der Waals surface area contributed by atoms with E-state index in [9.17, 15) is 5.11 Å². The van der Waals surface area contributed by atoms with E-state index in [1.54, 1.807) is 0 Å². The first-order valence-corrected chi connectivity index (χ1v) is 7.14. The van der Waals surface area contributed by atoms with E-state index in [0.29, 0.717) is 25.8 Å². The van der Waals surface area contributed by atoms with Crippen LogP contribution in [0.2, 0.25) is 0 Å². The lowest BCUT2D eigenvalue weighted by molar-refractivity contribution is 0.0185. The molecule has 19 heavy (non-hydrogen) atoms. The lowest BCUT2D eigenvalue weighted by Crippen LogP contribution is -2.35. The molecule has 1 aromatic heterocycles. The van der Waals surface area contributed by atoms with Gasteiger partial charge in [-0.25, -0.2) is 0 Å². The first kappa shape index (κ1) is 14.5. The van der Waals surface area contributed by atoms with Crippen molar-refractivity contribution in [1.82, 2.24) is 15.1 Å². The number of nitrogens with one attached hydrogen (secondary N) is 1. The molecule has 1 aromatic rings. The van der Waals surface area contributed by atoms with E-state index < -0.39 is 6.10 Å². The standard InChI is InChI=1S/C14H25N3O2/c1-4-19-9-12(18)8-17-7-5-6-13(17)14-10(2)15-16-11(14)3/h12-13,18H,4-9H2,1-3H3,(H,15,16). The zero-order valence-electron chi connectivity index (χ0n) is 12.1. The van der Waals surface area contributed by atoms with Crippen molar-refractivity contribution in [3.8, 4) is 0 Å². The summed E-state index contributed by atoms with van der Waals surface area (Å²) < 4.78 is 5.28. The SMILES string of the molecule is CCOCC(O)CN1CCCC1c1c(C)n[nH]c1C. The number of hydrogen-bond acceptors (Lipinski definition) is 4. The Kier molecular flexibility index (Phi) is 4.96. The highest BCUT2D eigenvalue weighted by molar-refractivity contribution is 5.28. The van der Waals surface area contributed by atoms with Gasteiger partial charge in [-0.3, -0.25) is 10.00 Å². The van der Waals surface area contributed by atoms with Crippen LogP contribution in [-0.4, -0.2) is 52.6 Å². The Balaban J connectivity index is 2.01. The van der Waals surface area contributed by atoms with Crippen LogP contribution < -0.4 is 0 Å². The van der Waals surface area contributed by atoms with Gasteiger partial charge in [0.1, 0.15) is 0 Å². The molecular formula is C14H25N3O2. The van der Waals surface area contributed by atoms with Crippen molar-refractivity contribution in [2.45, 2.75) is 45.8 Å². The van der Waals surface area contributed by atoms with Crippen LogP contribution >= 0.6 is 0 Å². The van der Waals surface area contributed by atoms with Crippen LogP contribution in [0.1, 0.15) is 42.8 Å². The predicted molar refractivity (Wildman–Crippen MR) is 74.1 cm³/mol. The number of aliphatic hydroxyl groups excluding tert-OH is 1. The Morgan fingerprint density at radius 2 is 2.32 bits per heavy atom. The second kappa shape index (κ2) is 6.50. The van der Waals surface area contributed by atoms with E-state index in [4.69, 9.17) is 4.74 Å². The number of hydrogen-bond donors (Lipinski definition) is 2. The number of β-amino-alcohol motifs (C(OH)–C–C–N with tert-alkyl or cyclic N) is 1. The van der Waals surface area contributed by atoms with Gasteiger partial charge in [0.25, 0.3) is 0 Å². The van der Waals surface area contributed by atoms with Crippen molar-refractivity contribution in [2.24, 2.45) is 0 Å². The topological polar surface area (TPSA) is 61.4 Å². The van der Waals surface area contributed by atoms with Gasteiger partial charge in [-0.15, -0.1) is 0 Å². The molecule has 1 fully saturated rings. The van der Waals surface area contributed by atoms with Gasteiger partial charge in [-0.1, -0.05) is 0 Å². The minimum atomic E-state index is -0.409. The molecule has 2 N–H and O–H groups in total. The highest BCUT2D eigenvalue weighted by Crippen LogP contribution is 2.34. The van der Waals surface area contributed by atoms with Crippen LogP contribution in [0.4, 0.5) is 0 Å². The third-order valence-electron chi connectivity index (χ3n) is 3.84. The fourth-order valence-corrected chi connectivity index (χ4v) is 3.00. The summed E-state index contributed by atoms with van der Waals surface area (Å²) in [6.07, 6.45) is 1.91. The monoisotopic (exact) mass is 267 g/mol. The van der Waals surface area contributed by atoms with Gasteiger partial charge in [0.15, 0.2) is 0 Å². The fourth-order valence-electron chi connectivity index (χ4n) is 3.00. The second-order valence-corrected chi connectivity index (χ2v) is 5.31. The maximum Gasteiger partial charge on any atom is 0.0900 e. The Bertz CT molecular complexity index is 386. The molecule has 0 radical (unpaired) electrons. The van der Waals surface area contributed by atoms with Crippen molar-refractivity contribution in [3.05, 3.63) is 17.0 Å². The molecule has 2 heterocycles. The van der Waals surface area contributed by atoms with Crippen molar-refractivity contribution in [2.75, 3.05) is 26.3 Å². The van der Waals surface area contributed by atoms with Crippen LogP contribution in [0.5, 0.6) is 0 Å². The average Bonchev–Trinajstić information content (AvgIpc) is 2.94. The number of aromatic amines is 1. The molecule has 2 unspecified atom stereocenters. The van der Waals surface area contributed by atoms with E-state index in [0.717, 1.165) is 24.4 Å². The molecule has 108 valence electrons. The number of rotatable bonds is 6. The Hall–Kier alpha value is -0.910. The highest BCUT2D eigenvalue weighted by atomic mass is 16.5. The molecule has 5 heteroatoms. The van der Waals surface area contributed by atoms with Gasteiger partial charge in [0.2, 0.25) is 0 Å². The van der Waals surface area contributed by atoms with Crippen molar-refractivity contribution >= 4 is 0 Å². The molecule has 0 bridgehead atoms. The Morgan fingerprint density at radius 1 is 1.53 bits per heavy atom. The fraction of sp³-hybridized carbons (Fsp3) is 0.786. The molecule has 5 nitrogen and oxygen atoms in total. The molecule has 1 saturated heterocycles. The third-order valence-corrected chi connectivity index (χ3v) is 3.84. The molecule has 1 aliphatic rings. The van der Waals surface area contributed by atoms with Crippen LogP contribution in [0.15, 0.2) is 0 Å². The quantitative estimate of drug-likeness (QED) is 0.821. The van der Waals surface area contributed by atoms with E-state index in [1.165, 1.54) is 12.0 Å². The highest BCUT2D eigenvalue weighted by Gasteiger charge is 2.30. The van der Waals surface area contributed by atoms with Crippen molar-refractivity contribution in [1.29, 1.82) is 0 Å². The minimum Gasteiger partial charge on any atom is -0.389 e. The summed E-state index contributed by atoms with van der Waals surface area (Å²) in [5.74, 6) is 0. The Morgan fingerprint density at radius 3 is 2.95 bits per heavy atom. The summed E-state index contributed by atoms with van der Waals surface area (Å²) in [7, 11) is 0. The normalized spacial score (nSPS) is 22.0. The van der Waals surface area contributed by atoms with Crippen molar-refractivity contribution in [3.63, 3.8) is 0 Å². The summed E-state index contributed by atoms with van der Waals surface area (Å²) in [5, 5.41) is 17.3. The summed E-state index contributed by atoms with van der Waals surface area (Å²) in [6, 6.07) is 0.384. The zero-order valence-corrected chi connectivity index (χ0v) is 12.1. The van der Waals surface area contributed by atoms with Gasteiger partial charge in [-0.05, 0) is 40.2 Å². The molecule has 0 aromatic carbocycles. The largest absolute Gasteiger partial charge is 0.389 e. The molecule has 0 amide bonds. The van der Waals surface area contributed by atoms with Gasteiger partial charge in [0, 0.05) is 30.5 Å². The van der Waals surface area contributed by atoms with Crippen LogP contribution in [0, 0.1) is 13.8 Å². The van der Waals surface area contributed by atoms with E-state index in [-0.39, 0.29) is 0 Å². The first-order valence-electron chi connectivity index (χ1n) is 7.14. The Labute approximate surface area is 115 Å². The number of H-pyrrole nitrogens is 1. The minimum absolute atomic E-state index is 0.384. The molecule has 2 rings (SSSR count). The van der Waals surface area contributed by atoms with Crippen LogP contribution in [-0.2, 0) is 4.74 Å². The lowest BCUT2D eigenvalue weighted by Gasteiger charge is -2.27. The molecule has 1 aliphatic heterocycles. The maximum atomic E-state index is 10.0. The van der Waals surface area contributed by atoms with Crippen LogP contribution in [0.3, 0.4) is 0 Å². The zero-order chi connectivity index (χ0) is 13.8. The number of ether oxygens (including phenoxy) is 1. The number of aliphatic hydroxyl groups is 1. The van der Waals surface area contributed by atoms with Gasteiger partial charge >= 0.3 is 0 Å². The van der Waals surface area contributed by atoms with E-state index >= 15 is 0 Å². The number of nitrogens with zero attached hydrogens (tertiary/aromatic N) is 2. The first-order chi connectivity index (χ1) is 9.13. The van der Waals surface area contributed by atoms with Crippen LogP contribution in [0.25, 0.3) is 0 Å². The van der Waals surface area contributed by atoms with Gasteiger partial charge in [0.05, 0.1) is 18.4 Å². The number of likely N-dealkylation sites (tertiary alicyclic amines) is 1. The summed E-state index contributed by atoms with van der Waals surface area (Å²) >= 11 is 0. The summed E-state index contributed by atoms with van der Waals surface area (Å²) in [4.78, 5) is 2.36. The average molecular weight is 267 g/mol. The molecular weight excluding hydrogens is 242 g/mol. The second-order valence-electron chi connectivity index (χ2n) is 5.31. The summed E-state index contributed by atoms with van der Waals surface area (Å²) in [5.41, 5.74) is 3.53. The maximum absolute atomic E-state index is 10.0. The molecule has 2 atom stereocenters. The molecule has 0 spiro atoms. The third kappa shape index (κ3) is 3.35. The van der Waals surface area contributed by atoms with Gasteiger partial charge < -0.3 is 9.84 Å². The molecule has 0 aliphatic carbocycles. The molecule has 0 saturated carbocycles. The predicted octanol–water partition coefficient (Wildman–Crippen LogP) is 1.56.